The molecule has 3 atom stereocenters. The molecule has 3 unspecified atom stereocenters. The fourth-order valence-electron chi connectivity index (χ4n) is 2.97. The van der Waals surface area contributed by atoms with Gasteiger partial charge in [0.05, 0.1) is 5.60 Å². The fourth-order valence-corrected chi connectivity index (χ4v) is 5.89. The van der Waals surface area contributed by atoms with Gasteiger partial charge in [0, 0.05) is 33.1 Å². The van der Waals surface area contributed by atoms with E-state index >= 15 is 0 Å². The summed E-state index contributed by atoms with van der Waals surface area (Å²) in [7, 11) is 0. The average Bonchev–Trinajstić information content (AvgIpc) is 2.98. The van der Waals surface area contributed by atoms with Gasteiger partial charge in [-0.3, -0.25) is 0 Å². The molecule has 2 nitrogen and oxygen atoms in total. The first-order valence-corrected chi connectivity index (χ1v) is 9.22. The molecule has 0 amide bonds. The fraction of sp³-hybridized carbons (Fsp3) is 0.692. The molecule has 1 aromatic heterocycles. The summed E-state index contributed by atoms with van der Waals surface area (Å²) in [4.78, 5) is 1.30. The van der Waals surface area contributed by atoms with E-state index in [0.29, 0.717) is 5.92 Å². The van der Waals surface area contributed by atoms with Crippen LogP contribution >= 0.6 is 39.0 Å². The van der Waals surface area contributed by atoms with Crippen LogP contribution in [0.25, 0.3) is 0 Å². The Kier molecular flexibility index (Phi) is 4.06. The molecule has 2 saturated heterocycles. The van der Waals surface area contributed by atoms with Gasteiger partial charge in [-0.15, -0.1) is 11.3 Å². The van der Waals surface area contributed by atoms with Crippen molar-refractivity contribution in [1.82, 2.24) is 0 Å². The minimum absolute atomic E-state index is 0.139. The third-order valence-electron chi connectivity index (χ3n) is 4.02. The highest BCUT2D eigenvalue weighted by molar-refractivity contribution is 9.10. The van der Waals surface area contributed by atoms with Crippen molar-refractivity contribution in [2.75, 3.05) is 18.1 Å². The highest BCUT2D eigenvalue weighted by Crippen LogP contribution is 2.44. The quantitative estimate of drug-likeness (QED) is 0.883. The number of thiophene rings is 1. The molecular weight excluding hydrogens is 330 g/mol. The summed E-state index contributed by atoms with van der Waals surface area (Å²) in [6, 6.07) is 2.34. The van der Waals surface area contributed by atoms with Gasteiger partial charge in [0.1, 0.15) is 0 Å². The summed E-state index contributed by atoms with van der Waals surface area (Å²) in [6.07, 6.45) is 3.44. The van der Waals surface area contributed by atoms with Crippen molar-refractivity contribution in [2.45, 2.75) is 30.9 Å². The third-order valence-corrected chi connectivity index (χ3v) is 7.04. The van der Waals surface area contributed by atoms with Gasteiger partial charge in [-0.05, 0) is 52.9 Å². The molecule has 5 heteroatoms. The van der Waals surface area contributed by atoms with Crippen LogP contribution in [0.2, 0.25) is 0 Å². The second-order valence-corrected chi connectivity index (χ2v) is 8.24. The molecule has 0 saturated carbocycles. The zero-order valence-electron chi connectivity index (χ0n) is 10.2. The van der Waals surface area contributed by atoms with Crippen molar-refractivity contribution in [2.24, 2.45) is 11.7 Å². The van der Waals surface area contributed by atoms with Crippen LogP contribution in [0.1, 0.15) is 30.2 Å². The van der Waals surface area contributed by atoms with Crippen LogP contribution < -0.4 is 5.73 Å². The first kappa shape index (κ1) is 13.4. The molecule has 2 N–H and O–H groups in total. The van der Waals surface area contributed by atoms with Gasteiger partial charge in [0.25, 0.3) is 0 Å². The predicted molar refractivity (Wildman–Crippen MR) is 82.3 cm³/mol. The maximum absolute atomic E-state index is 6.46. The number of hydrogen-bond acceptors (Lipinski definition) is 4. The van der Waals surface area contributed by atoms with E-state index in [1.165, 1.54) is 17.1 Å². The second kappa shape index (κ2) is 5.44. The van der Waals surface area contributed by atoms with Crippen LogP contribution in [0, 0.1) is 5.92 Å². The molecule has 3 heterocycles. The lowest BCUT2D eigenvalue weighted by Crippen LogP contribution is -2.42. The number of rotatable bonds is 2. The number of ether oxygens (including phenoxy) is 1. The number of thioether (sulfide) groups is 1. The molecule has 2 aliphatic heterocycles. The molecule has 0 aliphatic carbocycles. The summed E-state index contributed by atoms with van der Waals surface area (Å²) in [6.45, 7) is 0.880. The lowest BCUT2D eigenvalue weighted by atomic mass is 9.81. The zero-order chi connectivity index (χ0) is 12.6. The minimum atomic E-state index is 0.139. The topological polar surface area (TPSA) is 35.2 Å². The van der Waals surface area contributed by atoms with Crippen molar-refractivity contribution < 1.29 is 4.74 Å². The SMILES string of the molecule is NC(c1cc(Br)cs1)C1CCOC2(CCSC2)C1. The highest BCUT2D eigenvalue weighted by Gasteiger charge is 2.42. The second-order valence-electron chi connectivity index (χ2n) is 5.28. The number of hydrogen-bond donors (Lipinski definition) is 1. The number of nitrogens with two attached hydrogens (primary N) is 1. The van der Waals surface area contributed by atoms with Crippen molar-refractivity contribution in [3.8, 4) is 0 Å². The molecule has 2 aliphatic rings. The maximum atomic E-state index is 6.46. The van der Waals surface area contributed by atoms with Crippen molar-refractivity contribution >= 4 is 39.0 Å². The summed E-state index contributed by atoms with van der Waals surface area (Å²) < 4.78 is 7.21. The summed E-state index contributed by atoms with van der Waals surface area (Å²) in [5, 5.41) is 2.12. The Bertz CT molecular complexity index is 417. The first-order valence-electron chi connectivity index (χ1n) is 6.40. The molecule has 100 valence electrons. The summed E-state index contributed by atoms with van der Waals surface area (Å²) in [5.74, 6) is 2.97. The van der Waals surface area contributed by atoms with Gasteiger partial charge >= 0.3 is 0 Å². The van der Waals surface area contributed by atoms with E-state index in [-0.39, 0.29) is 11.6 Å². The van der Waals surface area contributed by atoms with E-state index in [9.17, 15) is 0 Å². The van der Waals surface area contributed by atoms with Gasteiger partial charge < -0.3 is 10.5 Å². The van der Waals surface area contributed by atoms with Crippen molar-refractivity contribution in [3.05, 3.63) is 20.8 Å². The Morgan fingerprint density at radius 1 is 1.56 bits per heavy atom. The van der Waals surface area contributed by atoms with Crippen molar-refractivity contribution in [3.63, 3.8) is 0 Å². The summed E-state index contributed by atoms with van der Waals surface area (Å²) in [5.41, 5.74) is 6.60. The van der Waals surface area contributed by atoms with Crippen LogP contribution in [-0.2, 0) is 4.74 Å². The van der Waals surface area contributed by atoms with Crippen molar-refractivity contribution in [1.29, 1.82) is 0 Å². The van der Waals surface area contributed by atoms with E-state index in [1.807, 2.05) is 11.8 Å². The molecular formula is C13H18BrNOS2. The highest BCUT2D eigenvalue weighted by atomic mass is 79.9. The maximum Gasteiger partial charge on any atom is 0.0783 e. The Balaban J connectivity index is 1.72. The van der Waals surface area contributed by atoms with Gasteiger partial charge in [0.2, 0.25) is 0 Å². The van der Waals surface area contributed by atoms with Gasteiger partial charge in [-0.1, -0.05) is 0 Å². The molecule has 0 aromatic carbocycles. The van der Waals surface area contributed by atoms with E-state index in [2.05, 4.69) is 27.4 Å². The summed E-state index contributed by atoms with van der Waals surface area (Å²) >= 11 is 7.30. The zero-order valence-corrected chi connectivity index (χ0v) is 13.5. The Morgan fingerprint density at radius 3 is 3.11 bits per heavy atom. The standard InChI is InChI=1S/C13H18BrNOS2/c14-10-5-11(18-7-10)12(15)9-1-3-16-13(6-9)2-4-17-8-13/h5,7,9,12H,1-4,6,8,15H2. The Hall–Kier alpha value is 0.450. The molecule has 1 spiro atoms. The molecule has 18 heavy (non-hydrogen) atoms. The van der Waals surface area contributed by atoms with Gasteiger partial charge in [-0.2, -0.15) is 11.8 Å². The average molecular weight is 348 g/mol. The van der Waals surface area contributed by atoms with Crippen LogP contribution in [0.4, 0.5) is 0 Å². The van der Waals surface area contributed by atoms with Crippen LogP contribution in [0.3, 0.4) is 0 Å². The van der Waals surface area contributed by atoms with E-state index in [4.69, 9.17) is 10.5 Å². The monoisotopic (exact) mass is 347 g/mol. The molecule has 0 radical (unpaired) electrons. The molecule has 2 fully saturated rings. The lowest BCUT2D eigenvalue weighted by Gasteiger charge is -2.39. The van der Waals surface area contributed by atoms with E-state index < -0.39 is 0 Å². The van der Waals surface area contributed by atoms with E-state index in [0.717, 1.165) is 29.7 Å². The van der Waals surface area contributed by atoms with Crippen LogP contribution in [0.5, 0.6) is 0 Å². The lowest BCUT2D eigenvalue weighted by molar-refractivity contribution is -0.0832. The molecule has 3 rings (SSSR count). The van der Waals surface area contributed by atoms with Gasteiger partial charge in [0.15, 0.2) is 0 Å². The predicted octanol–water partition coefficient (Wildman–Crippen LogP) is 3.81. The Labute approximate surface area is 125 Å². The molecule has 0 bridgehead atoms. The van der Waals surface area contributed by atoms with Gasteiger partial charge in [-0.25, -0.2) is 0 Å². The normalized spacial score (nSPS) is 34.0. The van der Waals surface area contributed by atoms with Crippen LogP contribution in [-0.4, -0.2) is 23.7 Å². The van der Waals surface area contributed by atoms with E-state index in [1.54, 1.807) is 11.3 Å². The third kappa shape index (κ3) is 2.66. The smallest absolute Gasteiger partial charge is 0.0783 e. The first-order chi connectivity index (χ1) is 8.69. The van der Waals surface area contributed by atoms with Crippen LogP contribution in [0.15, 0.2) is 15.9 Å². The largest absolute Gasteiger partial charge is 0.374 e. The number of halogens is 1. The Morgan fingerprint density at radius 2 is 2.44 bits per heavy atom. The molecule has 1 aromatic rings. The minimum Gasteiger partial charge on any atom is -0.374 e.